The maximum Gasteiger partial charge on any atom is 0.0755 e. The van der Waals surface area contributed by atoms with Crippen molar-refractivity contribution < 1.29 is 4.74 Å². The third-order valence-electron chi connectivity index (χ3n) is 4.47. The number of fused-ring (bicyclic) bond motifs is 2. The van der Waals surface area contributed by atoms with E-state index in [0.29, 0.717) is 12.6 Å². The van der Waals surface area contributed by atoms with Crippen LogP contribution < -0.4 is 5.32 Å². The molecule has 3 nitrogen and oxygen atoms in total. The summed E-state index contributed by atoms with van der Waals surface area (Å²) in [6.45, 7) is 5.77. The first-order valence-electron chi connectivity index (χ1n) is 7.60. The SMILES string of the molecule is Cc1cc2nc3c(c(NC4CC4)c2c(C)c1Br)COCC3. The fourth-order valence-electron chi connectivity index (χ4n) is 3.15. The molecule has 2 aliphatic rings. The van der Waals surface area contributed by atoms with Gasteiger partial charge in [-0.2, -0.15) is 0 Å². The Bertz CT molecular complexity index is 738. The van der Waals surface area contributed by atoms with Crippen molar-refractivity contribution >= 4 is 32.5 Å². The van der Waals surface area contributed by atoms with Crippen LogP contribution in [0.2, 0.25) is 0 Å². The van der Waals surface area contributed by atoms with E-state index < -0.39 is 0 Å². The smallest absolute Gasteiger partial charge is 0.0755 e. The molecule has 0 bridgehead atoms. The molecule has 0 atom stereocenters. The summed E-state index contributed by atoms with van der Waals surface area (Å²) in [7, 11) is 0. The van der Waals surface area contributed by atoms with Crippen molar-refractivity contribution in [3.63, 3.8) is 0 Å². The number of halogens is 1. The Hall–Kier alpha value is -1.13. The number of pyridine rings is 1. The summed E-state index contributed by atoms with van der Waals surface area (Å²) in [6, 6.07) is 2.82. The van der Waals surface area contributed by atoms with E-state index in [1.165, 1.54) is 50.8 Å². The second kappa shape index (κ2) is 4.96. The van der Waals surface area contributed by atoms with Gasteiger partial charge in [-0.1, -0.05) is 15.9 Å². The average molecular weight is 347 g/mol. The van der Waals surface area contributed by atoms with E-state index in [1.807, 2.05) is 0 Å². The second-order valence-corrected chi connectivity index (χ2v) is 6.95. The zero-order valence-corrected chi connectivity index (χ0v) is 14.0. The standard InChI is InChI=1S/C17H19BrN2O/c1-9-7-14-15(10(2)16(9)18)17(19-11-3-4-11)12-8-21-6-5-13(12)20-14/h7,11H,3-6,8H2,1-2H3,(H,19,20). The zero-order valence-electron chi connectivity index (χ0n) is 12.4. The lowest BCUT2D eigenvalue weighted by Crippen LogP contribution is -2.16. The van der Waals surface area contributed by atoms with Gasteiger partial charge in [0.1, 0.15) is 0 Å². The number of aromatic nitrogens is 1. The van der Waals surface area contributed by atoms with E-state index >= 15 is 0 Å². The molecule has 0 unspecified atom stereocenters. The third kappa shape index (κ3) is 2.25. The average Bonchev–Trinajstić information content (AvgIpc) is 3.28. The molecule has 0 amide bonds. The van der Waals surface area contributed by atoms with Crippen LogP contribution in [0.5, 0.6) is 0 Å². The van der Waals surface area contributed by atoms with E-state index in [2.05, 4.69) is 41.2 Å². The molecule has 0 radical (unpaired) electrons. The molecule has 1 aromatic heterocycles. The Morgan fingerprint density at radius 2 is 2.14 bits per heavy atom. The molecule has 110 valence electrons. The van der Waals surface area contributed by atoms with Crippen molar-refractivity contribution in [1.82, 2.24) is 4.98 Å². The van der Waals surface area contributed by atoms with Crippen molar-refractivity contribution in [2.24, 2.45) is 0 Å². The van der Waals surface area contributed by atoms with Gasteiger partial charge in [0.25, 0.3) is 0 Å². The molecule has 0 spiro atoms. The van der Waals surface area contributed by atoms with Gasteiger partial charge in [-0.3, -0.25) is 4.98 Å². The number of aryl methyl sites for hydroxylation is 2. The normalized spacial score (nSPS) is 17.9. The first kappa shape index (κ1) is 13.5. The van der Waals surface area contributed by atoms with Gasteiger partial charge < -0.3 is 10.1 Å². The number of benzene rings is 1. The van der Waals surface area contributed by atoms with Gasteiger partial charge in [0.15, 0.2) is 0 Å². The summed E-state index contributed by atoms with van der Waals surface area (Å²) in [4.78, 5) is 4.93. The molecule has 1 aliphatic carbocycles. The minimum atomic E-state index is 0.626. The van der Waals surface area contributed by atoms with Crippen LogP contribution in [0.4, 0.5) is 5.69 Å². The molecule has 2 heterocycles. The van der Waals surface area contributed by atoms with Gasteiger partial charge >= 0.3 is 0 Å². The first-order chi connectivity index (χ1) is 10.1. The maximum atomic E-state index is 5.69. The molecule has 0 saturated heterocycles. The van der Waals surface area contributed by atoms with Crippen LogP contribution in [-0.4, -0.2) is 17.6 Å². The number of rotatable bonds is 2. The summed E-state index contributed by atoms with van der Waals surface area (Å²) in [5, 5.41) is 4.99. The number of anilines is 1. The van der Waals surface area contributed by atoms with E-state index in [0.717, 1.165) is 18.5 Å². The minimum absolute atomic E-state index is 0.626. The van der Waals surface area contributed by atoms with E-state index in [9.17, 15) is 0 Å². The molecule has 4 heteroatoms. The van der Waals surface area contributed by atoms with Crippen molar-refractivity contribution in [1.29, 1.82) is 0 Å². The van der Waals surface area contributed by atoms with Gasteiger partial charge in [0.05, 0.1) is 30.1 Å². The maximum absolute atomic E-state index is 5.69. The van der Waals surface area contributed by atoms with Gasteiger partial charge in [-0.25, -0.2) is 0 Å². The molecule has 1 aromatic carbocycles. The Morgan fingerprint density at radius 3 is 2.90 bits per heavy atom. The highest BCUT2D eigenvalue weighted by molar-refractivity contribution is 9.10. The van der Waals surface area contributed by atoms with Crippen LogP contribution in [0.3, 0.4) is 0 Å². The lowest BCUT2D eigenvalue weighted by molar-refractivity contribution is 0.110. The molecule has 1 N–H and O–H groups in total. The summed E-state index contributed by atoms with van der Waals surface area (Å²) < 4.78 is 6.88. The van der Waals surface area contributed by atoms with Crippen LogP contribution in [0, 0.1) is 13.8 Å². The number of ether oxygens (including phenoxy) is 1. The predicted octanol–water partition coefficient (Wildman–Crippen LogP) is 4.26. The lowest BCUT2D eigenvalue weighted by Gasteiger charge is -2.23. The summed E-state index contributed by atoms with van der Waals surface area (Å²) in [5.74, 6) is 0. The van der Waals surface area contributed by atoms with Crippen molar-refractivity contribution in [2.75, 3.05) is 11.9 Å². The minimum Gasteiger partial charge on any atom is -0.381 e. The van der Waals surface area contributed by atoms with Gasteiger partial charge in [0.2, 0.25) is 0 Å². The van der Waals surface area contributed by atoms with Crippen molar-refractivity contribution in [3.8, 4) is 0 Å². The molecule has 21 heavy (non-hydrogen) atoms. The number of nitrogens with zero attached hydrogens (tertiary/aromatic N) is 1. The molecular formula is C17H19BrN2O. The highest BCUT2D eigenvalue weighted by Crippen LogP contribution is 2.39. The summed E-state index contributed by atoms with van der Waals surface area (Å²) in [5.41, 5.74) is 7.36. The molecule has 2 aromatic rings. The Labute approximate surface area is 133 Å². The molecule has 1 saturated carbocycles. The van der Waals surface area contributed by atoms with Crippen molar-refractivity contribution in [2.45, 2.75) is 45.8 Å². The van der Waals surface area contributed by atoms with Crippen LogP contribution in [0.1, 0.15) is 35.2 Å². The topological polar surface area (TPSA) is 34.2 Å². The highest BCUT2D eigenvalue weighted by Gasteiger charge is 2.27. The van der Waals surface area contributed by atoms with Crippen LogP contribution in [0.25, 0.3) is 10.9 Å². The van der Waals surface area contributed by atoms with Gasteiger partial charge in [0, 0.05) is 27.9 Å². The number of nitrogens with one attached hydrogen (secondary N) is 1. The predicted molar refractivity (Wildman–Crippen MR) is 88.9 cm³/mol. The fourth-order valence-corrected chi connectivity index (χ4v) is 3.46. The lowest BCUT2D eigenvalue weighted by atomic mass is 9.98. The van der Waals surface area contributed by atoms with E-state index in [-0.39, 0.29) is 0 Å². The zero-order chi connectivity index (χ0) is 14.6. The highest BCUT2D eigenvalue weighted by atomic mass is 79.9. The molecule has 4 rings (SSSR count). The second-order valence-electron chi connectivity index (χ2n) is 6.16. The summed E-state index contributed by atoms with van der Waals surface area (Å²) >= 11 is 3.73. The number of hydrogen-bond donors (Lipinski definition) is 1. The monoisotopic (exact) mass is 346 g/mol. The van der Waals surface area contributed by atoms with Gasteiger partial charge in [-0.15, -0.1) is 0 Å². The Kier molecular flexibility index (Phi) is 3.19. The van der Waals surface area contributed by atoms with E-state index in [1.54, 1.807) is 0 Å². The van der Waals surface area contributed by atoms with Gasteiger partial charge in [-0.05, 0) is 43.9 Å². The molecular weight excluding hydrogens is 328 g/mol. The van der Waals surface area contributed by atoms with Crippen LogP contribution in [0.15, 0.2) is 10.5 Å². The fraction of sp³-hybridized carbons (Fsp3) is 0.471. The third-order valence-corrected chi connectivity index (χ3v) is 5.69. The van der Waals surface area contributed by atoms with Crippen LogP contribution in [-0.2, 0) is 17.8 Å². The molecule has 1 aliphatic heterocycles. The van der Waals surface area contributed by atoms with Crippen LogP contribution >= 0.6 is 15.9 Å². The Morgan fingerprint density at radius 1 is 1.33 bits per heavy atom. The molecule has 1 fully saturated rings. The number of hydrogen-bond acceptors (Lipinski definition) is 3. The Balaban J connectivity index is 2.04. The largest absolute Gasteiger partial charge is 0.381 e. The first-order valence-corrected chi connectivity index (χ1v) is 8.40. The quantitative estimate of drug-likeness (QED) is 0.881. The summed E-state index contributed by atoms with van der Waals surface area (Å²) in [6.07, 6.45) is 3.45. The van der Waals surface area contributed by atoms with Crippen molar-refractivity contribution in [3.05, 3.63) is 32.9 Å². The van der Waals surface area contributed by atoms with E-state index in [4.69, 9.17) is 9.72 Å².